The van der Waals surface area contributed by atoms with Crippen molar-refractivity contribution in [2.45, 2.75) is 45.6 Å². The van der Waals surface area contributed by atoms with Gasteiger partial charge in [-0.3, -0.25) is 9.48 Å². The zero-order chi connectivity index (χ0) is 15.5. The molecule has 1 fully saturated rings. The first-order valence-corrected chi connectivity index (χ1v) is 7.84. The van der Waals surface area contributed by atoms with Crippen LogP contribution in [0.5, 0.6) is 0 Å². The zero-order valence-electron chi connectivity index (χ0n) is 13.2. The monoisotopic (exact) mass is 302 g/mol. The second-order valence-corrected chi connectivity index (χ2v) is 5.92. The molecule has 0 spiro atoms. The molecule has 6 nitrogen and oxygen atoms in total. The van der Waals surface area contributed by atoms with Crippen molar-refractivity contribution in [1.82, 2.24) is 19.8 Å². The lowest BCUT2D eigenvalue weighted by atomic mass is 10.0. The molecule has 3 heterocycles. The quantitative estimate of drug-likeness (QED) is 0.869. The van der Waals surface area contributed by atoms with Crippen LogP contribution in [0.25, 0.3) is 0 Å². The van der Waals surface area contributed by atoms with Crippen LogP contribution in [0.1, 0.15) is 42.3 Å². The van der Waals surface area contributed by atoms with E-state index in [0.29, 0.717) is 18.9 Å². The Bertz CT molecular complexity index is 613. The molecule has 0 saturated carbocycles. The zero-order valence-corrected chi connectivity index (χ0v) is 13.2. The Hall–Kier alpha value is -2.11. The molecule has 0 bridgehead atoms. The maximum absolute atomic E-state index is 12.5. The Kier molecular flexibility index (Phi) is 4.27. The smallest absolute Gasteiger partial charge is 0.222 e. The predicted molar refractivity (Wildman–Crippen MR) is 81.4 cm³/mol. The van der Waals surface area contributed by atoms with Crippen LogP contribution in [0.2, 0.25) is 0 Å². The lowest BCUT2D eigenvalue weighted by molar-refractivity contribution is -0.132. The standard InChI is InChI=1S/C16H22N4O2/c1-12-15(13(2)22-18-12)6-7-16(21)19-9-3-5-14(11-19)20-10-4-8-17-20/h4,8,10,14H,3,5-7,9,11H2,1-2H3/t14-/m0/s1. The van der Waals surface area contributed by atoms with Crippen LogP contribution in [0, 0.1) is 13.8 Å². The number of likely N-dealkylation sites (tertiary alicyclic amines) is 1. The molecule has 1 atom stereocenters. The minimum atomic E-state index is 0.205. The van der Waals surface area contributed by atoms with E-state index in [0.717, 1.165) is 42.9 Å². The van der Waals surface area contributed by atoms with Gasteiger partial charge >= 0.3 is 0 Å². The second-order valence-electron chi connectivity index (χ2n) is 5.92. The Morgan fingerprint density at radius 2 is 2.32 bits per heavy atom. The van der Waals surface area contributed by atoms with Gasteiger partial charge in [0, 0.05) is 37.5 Å². The predicted octanol–water partition coefficient (Wildman–Crippen LogP) is 2.28. The van der Waals surface area contributed by atoms with E-state index >= 15 is 0 Å². The summed E-state index contributed by atoms with van der Waals surface area (Å²) < 4.78 is 7.12. The van der Waals surface area contributed by atoms with Gasteiger partial charge in [-0.05, 0) is 39.2 Å². The summed E-state index contributed by atoms with van der Waals surface area (Å²) in [7, 11) is 0. The number of aryl methyl sites for hydroxylation is 2. The summed E-state index contributed by atoms with van der Waals surface area (Å²) in [4.78, 5) is 14.4. The molecule has 2 aromatic rings. The third kappa shape index (κ3) is 3.05. The normalized spacial score (nSPS) is 18.6. The van der Waals surface area contributed by atoms with E-state index < -0.39 is 0 Å². The molecule has 0 aliphatic carbocycles. The van der Waals surface area contributed by atoms with Gasteiger partial charge in [-0.15, -0.1) is 0 Å². The number of rotatable bonds is 4. The van der Waals surface area contributed by atoms with Crippen LogP contribution in [0.4, 0.5) is 0 Å². The van der Waals surface area contributed by atoms with Crippen molar-refractivity contribution in [3.8, 4) is 0 Å². The molecule has 1 aliphatic rings. The summed E-state index contributed by atoms with van der Waals surface area (Å²) in [5.74, 6) is 1.02. The lowest BCUT2D eigenvalue weighted by Gasteiger charge is -2.33. The van der Waals surface area contributed by atoms with Gasteiger partial charge in [0.2, 0.25) is 5.91 Å². The fraction of sp³-hybridized carbons (Fsp3) is 0.562. The minimum Gasteiger partial charge on any atom is -0.361 e. The third-order valence-electron chi connectivity index (χ3n) is 4.42. The van der Waals surface area contributed by atoms with Crippen molar-refractivity contribution in [3.63, 3.8) is 0 Å². The molecule has 0 aromatic carbocycles. The van der Waals surface area contributed by atoms with Crippen LogP contribution < -0.4 is 0 Å². The number of aromatic nitrogens is 3. The van der Waals surface area contributed by atoms with Gasteiger partial charge in [-0.1, -0.05) is 5.16 Å². The first-order chi connectivity index (χ1) is 10.6. The van der Waals surface area contributed by atoms with Gasteiger partial charge in [-0.25, -0.2) is 0 Å². The maximum Gasteiger partial charge on any atom is 0.222 e. The average molecular weight is 302 g/mol. The number of piperidine rings is 1. The highest BCUT2D eigenvalue weighted by molar-refractivity contribution is 5.76. The van der Waals surface area contributed by atoms with E-state index in [9.17, 15) is 4.79 Å². The Morgan fingerprint density at radius 3 is 3.00 bits per heavy atom. The molecule has 6 heteroatoms. The minimum absolute atomic E-state index is 0.205. The van der Waals surface area contributed by atoms with Crippen molar-refractivity contribution >= 4 is 5.91 Å². The number of hydrogen-bond donors (Lipinski definition) is 0. The van der Waals surface area contributed by atoms with Crippen molar-refractivity contribution in [1.29, 1.82) is 0 Å². The largest absolute Gasteiger partial charge is 0.361 e. The van der Waals surface area contributed by atoms with Gasteiger partial charge in [-0.2, -0.15) is 5.10 Å². The Labute approximate surface area is 130 Å². The summed E-state index contributed by atoms with van der Waals surface area (Å²) >= 11 is 0. The molecule has 1 amide bonds. The van der Waals surface area contributed by atoms with Gasteiger partial charge in [0.25, 0.3) is 0 Å². The van der Waals surface area contributed by atoms with E-state index in [1.807, 2.05) is 35.7 Å². The van der Waals surface area contributed by atoms with E-state index in [-0.39, 0.29) is 5.91 Å². The molecule has 0 unspecified atom stereocenters. The molecular weight excluding hydrogens is 280 g/mol. The highest BCUT2D eigenvalue weighted by atomic mass is 16.5. The third-order valence-corrected chi connectivity index (χ3v) is 4.42. The highest BCUT2D eigenvalue weighted by Crippen LogP contribution is 2.22. The number of nitrogens with zero attached hydrogens (tertiary/aromatic N) is 4. The van der Waals surface area contributed by atoms with Crippen molar-refractivity contribution in [3.05, 3.63) is 35.5 Å². The summed E-state index contributed by atoms with van der Waals surface area (Å²) in [5, 5.41) is 8.24. The summed E-state index contributed by atoms with van der Waals surface area (Å²) in [6.45, 7) is 5.42. The lowest BCUT2D eigenvalue weighted by Crippen LogP contribution is -2.40. The number of hydrogen-bond acceptors (Lipinski definition) is 4. The first-order valence-electron chi connectivity index (χ1n) is 7.84. The molecule has 0 N–H and O–H groups in total. The fourth-order valence-corrected chi connectivity index (χ4v) is 3.14. The van der Waals surface area contributed by atoms with Crippen LogP contribution >= 0.6 is 0 Å². The molecule has 1 saturated heterocycles. The maximum atomic E-state index is 12.5. The molecule has 22 heavy (non-hydrogen) atoms. The molecule has 0 radical (unpaired) electrons. The molecule has 3 rings (SSSR count). The van der Waals surface area contributed by atoms with Crippen LogP contribution in [0.15, 0.2) is 23.0 Å². The van der Waals surface area contributed by atoms with Gasteiger partial charge in [0.15, 0.2) is 0 Å². The van der Waals surface area contributed by atoms with E-state index in [1.54, 1.807) is 6.20 Å². The van der Waals surface area contributed by atoms with E-state index in [2.05, 4.69) is 10.3 Å². The first kappa shape index (κ1) is 14.8. The molecule has 2 aromatic heterocycles. The van der Waals surface area contributed by atoms with Crippen LogP contribution in [-0.4, -0.2) is 38.8 Å². The molecule has 118 valence electrons. The Morgan fingerprint density at radius 1 is 1.45 bits per heavy atom. The van der Waals surface area contributed by atoms with Crippen molar-refractivity contribution < 1.29 is 9.32 Å². The van der Waals surface area contributed by atoms with Gasteiger partial charge in [0.1, 0.15) is 5.76 Å². The molecule has 1 aliphatic heterocycles. The van der Waals surface area contributed by atoms with E-state index in [1.165, 1.54) is 0 Å². The fourth-order valence-electron chi connectivity index (χ4n) is 3.14. The van der Waals surface area contributed by atoms with Crippen LogP contribution in [0.3, 0.4) is 0 Å². The van der Waals surface area contributed by atoms with Gasteiger partial charge < -0.3 is 9.42 Å². The van der Waals surface area contributed by atoms with Crippen molar-refractivity contribution in [2.24, 2.45) is 0 Å². The van der Waals surface area contributed by atoms with Crippen molar-refractivity contribution in [2.75, 3.05) is 13.1 Å². The van der Waals surface area contributed by atoms with Gasteiger partial charge in [0.05, 0.1) is 11.7 Å². The highest BCUT2D eigenvalue weighted by Gasteiger charge is 2.25. The topological polar surface area (TPSA) is 64.2 Å². The number of carbonyl (C=O) groups excluding carboxylic acids is 1. The summed E-state index contributed by atoms with van der Waals surface area (Å²) in [5.41, 5.74) is 1.95. The average Bonchev–Trinajstić information content (AvgIpc) is 3.16. The molecular formula is C16H22N4O2. The van der Waals surface area contributed by atoms with Crippen LogP contribution in [-0.2, 0) is 11.2 Å². The Balaban J connectivity index is 1.58. The number of amides is 1. The summed E-state index contributed by atoms with van der Waals surface area (Å²) in [6.07, 6.45) is 7.08. The SMILES string of the molecule is Cc1noc(C)c1CCC(=O)N1CCC[C@H](n2cccn2)C1. The summed E-state index contributed by atoms with van der Waals surface area (Å²) in [6, 6.07) is 2.23. The van der Waals surface area contributed by atoms with E-state index in [4.69, 9.17) is 4.52 Å². The second kappa shape index (κ2) is 6.34. The number of carbonyl (C=O) groups is 1.